The molecule has 0 aliphatic carbocycles. The number of hydrogen-bond donors (Lipinski definition) is 1. The van der Waals surface area contributed by atoms with Crippen molar-refractivity contribution < 1.29 is 16.8 Å². The van der Waals surface area contributed by atoms with Gasteiger partial charge >= 0.3 is 0 Å². The Balaban J connectivity index is 1.57. The highest BCUT2D eigenvalue weighted by atomic mass is 32.2. The molecular weight excluding hydrogens is 374 g/mol. The molecular formula is C17H27N3O4S2. The normalized spacial score (nSPS) is 20.0. The molecule has 3 rings (SSSR count). The van der Waals surface area contributed by atoms with Crippen LogP contribution in [0.3, 0.4) is 0 Å². The van der Waals surface area contributed by atoms with Crippen LogP contribution < -0.4 is 4.72 Å². The van der Waals surface area contributed by atoms with Crippen molar-refractivity contribution in [2.45, 2.75) is 41.9 Å². The van der Waals surface area contributed by atoms with E-state index >= 15 is 0 Å². The van der Waals surface area contributed by atoms with Crippen LogP contribution in [0.15, 0.2) is 34.1 Å². The number of sulfonamides is 2. The Bertz CT molecular complexity index is 795. The largest absolute Gasteiger partial charge is 0.303 e. The summed E-state index contributed by atoms with van der Waals surface area (Å²) in [4.78, 5) is 2.58. The fourth-order valence-corrected chi connectivity index (χ4v) is 6.06. The van der Waals surface area contributed by atoms with Gasteiger partial charge < -0.3 is 4.90 Å². The summed E-state index contributed by atoms with van der Waals surface area (Å²) in [5, 5.41) is 0. The van der Waals surface area contributed by atoms with Crippen LogP contribution in [0.2, 0.25) is 0 Å². The summed E-state index contributed by atoms with van der Waals surface area (Å²) in [6, 6.07) is 5.50. The smallest absolute Gasteiger partial charge is 0.243 e. The molecule has 0 aromatic heterocycles. The minimum atomic E-state index is -3.61. The quantitative estimate of drug-likeness (QED) is 0.662. The Morgan fingerprint density at radius 3 is 1.96 bits per heavy atom. The zero-order chi connectivity index (χ0) is 18.6. The van der Waals surface area contributed by atoms with Crippen molar-refractivity contribution in [3.05, 3.63) is 24.3 Å². The molecule has 2 fully saturated rings. The van der Waals surface area contributed by atoms with E-state index in [-0.39, 0.29) is 9.79 Å². The molecule has 1 aromatic rings. The molecule has 7 nitrogen and oxygen atoms in total. The third kappa shape index (κ3) is 4.64. The Morgan fingerprint density at radius 2 is 1.35 bits per heavy atom. The highest BCUT2D eigenvalue weighted by Crippen LogP contribution is 2.22. The zero-order valence-electron chi connectivity index (χ0n) is 14.9. The average molecular weight is 402 g/mol. The number of rotatable bonds is 8. The summed E-state index contributed by atoms with van der Waals surface area (Å²) >= 11 is 0. The van der Waals surface area contributed by atoms with Crippen LogP contribution in [-0.2, 0) is 20.0 Å². The monoisotopic (exact) mass is 401 g/mol. The first-order valence-corrected chi connectivity index (χ1v) is 12.1. The summed E-state index contributed by atoms with van der Waals surface area (Å²) in [5.41, 5.74) is 0. The third-order valence-corrected chi connectivity index (χ3v) is 8.37. The molecule has 2 aliphatic heterocycles. The maximum absolute atomic E-state index is 12.5. The Hall–Kier alpha value is -1.00. The lowest BCUT2D eigenvalue weighted by Gasteiger charge is -2.16. The van der Waals surface area contributed by atoms with Crippen molar-refractivity contribution in [1.82, 2.24) is 13.9 Å². The van der Waals surface area contributed by atoms with E-state index in [4.69, 9.17) is 0 Å². The van der Waals surface area contributed by atoms with Gasteiger partial charge in [0.05, 0.1) is 9.79 Å². The standard InChI is InChI=1S/C17H27N3O4S2/c21-25(22,18-10-5-13-19-11-1-2-12-19)16-6-8-17(9-7-16)26(23,24)20-14-3-4-15-20/h6-9,18H,1-5,10-15H2. The van der Waals surface area contributed by atoms with Crippen LogP contribution in [0, 0.1) is 0 Å². The molecule has 0 unspecified atom stereocenters. The number of benzene rings is 1. The number of likely N-dealkylation sites (tertiary alicyclic amines) is 1. The van der Waals surface area contributed by atoms with Crippen LogP contribution in [-0.4, -0.2) is 65.3 Å². The van der Waals surface area contributed by atoms with Crippen molar-refractivity contribution in [3.8, 4) is 0 Å². The Kier molecular flexibility index (Phi) is 6.34. The van der Waals surface area contributed by atoms with Crippen LogP contribution in [0.25, 0.3) is 0 Å². The number of nitrogens with one attached hydrogen (secondary N) is 1. The Morgan fingerprint density at radius 1 is 0.808 bits per heavy atom. The lowest BCUT2D eigenvalue weighted by atomic mass is 10.4. The van der Waals surface area contributed by atoms with Gasteiger partial charge in [-0.2, -0.15) is 4.31 Å². The van der Waals surface area contributed by atoms with E-state index < -0.39 is 20.0 Å². The van der Waals surface area contributed by atoms with Crippen molar-refractivity contribution >= 4 is 20.0 Å². The maximum Gasteiger partial charge on any atom is 0.243 e. The van der Waals surface area contributed by atoms with Gasteiger partial charge in [0.2, 0.25) is 20.0 Å². The van der Waals surface area contributed by atoms with Crippen molar-refractivity contribution in [3.63, 3.8) is 0 Å². The molecule has 146 valence electrons. The van der Waals surface area contributed by atoms with E-state index in [1.807, 2.05) is 0 Å². The summed E-state index contributed by atoms with van der Waals surface area (Å²) in [6.07, 6.45) is 4.94. The lowest BCUT2D eigenvalue weighted by Crippen LogP contribution is -2.29. The highest BCUT2D eigenvalue weighted by molar-refractivity contribution is 7.89. The number of nitrogens with zero attached hydrogens (tertiary/aromatic N) is 2. The van der Waals surface area contributed by atoms with E-state index in [2.05, 4.69) is 9.62 Å². The molecule has 0 amide bonds. The van der Waals surface area contributed by atoms with Gasteiger partial charge in [0.25, 0.3) is 0 Å². The van der Waals surface area contributed by atoms with E-state index in [0.29, 0.717) is 19.6 Å². The van der Waals surface area contributed by atoms with E-state index in [1.165, 1.54) is 41.4 Å². The maximum atomic E-state index is 12.5. The third-order valence-electron chi connectivity index (χ3n) is 4.98. The highest BCUT2D eigenvalue weighted by Gasteiger charge is 2.27. The molecule has 2 saturated heterocycles. The molecule has 9 heteroatoms. The minimum Gasteiger partial charge on any atom is -0.303 e. The molecule has 2 heterocycles. The molecule has 2 aliphatic rings. The predicted octanol–water partition coefficient (Wildman–Crippen LogP) is 1.24. The van der Waals surface area contributed by atoms with Crippen LogP contribution in [0.4, 0.5) is 0 Å². The molecule has 0 atom stereocenters. The summed E-state index contributed by atoms with van der Waals surface area (Å²) in [7, 11) is -7.13. The van der Waals surface area contributed by atoms with Gasteiger partial charge in [0.15, 0.2) is 0 Å². The molecule has 0 radical (unpaired) electrons. The lowest BCUT2D eigenvalue weighted by molar-refractivity contribution is 0.334. The van der Waals surface area contributed by atoms with E-state index in [0.717, 1.165) is 38.9 Å². The molecule has 0 spiro atoms. The first-order chi connectivity index (χ1) is 12.4. The van der Waals surface area contributed by atoms with Crippen LogP contribution in [0.5, 0.6) is 0 Å². The van der Waals surface area contributed by atoms with E-state index in [1.54, 1.807) is 0 Å². The summed E-state index contributed by atoms with van der Waals surface area (Å²) in [6.45, 7) is 4.53. The summed E-state index contributed by atoms with van der Waals surface area (Å²) in [5.74, 6) is 0. The van der Waals surface area contributed by atoms with E-state index in [9.17, 15) is 16.8 Å². The van der Waals surface area contributed by atoms with Crippen LogP contribution >= 0.6 is 0 Å². The second-order valence-corrected chi connectivity index (χ2v) is 10.6. The molecule has 0 bridgehead atoms. The van der Waals surface area contributed by atoms with Crippen LogP contribution in [0.1, 0.15) is 32.1 Å². The minimum absolute atomic E-state index is 0.0963. The van der Waals surface area contributed by atoms with Gasteiger partial charge in [-0.05, 0) is 76.0 Å². The first kappa shape index (κ1) is 19.8. The second-order valence-electron chi connectivity index (χ2n) is 6.88. The molecule has 1 N–H and O–H groups in total. The summed E-state index contributed by atoms with van der Waals surface area (Å²) < 4.78 is 53.7. The SMILES string of the molecule is O=S(=O)(NCCCN1CCCC1)c1ccc(S(=O)(=O)N2CCCC2)cc1. The first-order valence-electron chi connectivity index (χ1n) is 9.22. The Labute approximate surface area is 156 Å². The molecule has 26 heavy (non-hydrogen) atoms. The fraction of sp³-hybridized carbons (Fsp3) is 0.647. The average Bonchev–Trinajstić information content (AvgIpc) is 3.32. The van der Waals surface area contributed by atoms with Gasteiger partial charge in [-0.25, -0.2) is 21.6 Å². The van der Waals surface area contributed by atoms with Gasteiger partial charge in [0.1, 0.15) is 0 Å². The van der Waals surface area contributed by atoms with Gasteiger partial charge in [-0.15, -0.1) is 0 Å². The molecule has 1 aromatic carbocycles. The fourth-order valence-electron chi connectivity index (χ4n) is 3.47. The van der Waals surface area contributed by atoms with Gasteiger partial charge in [-0.3, -0.25) is 0 Å². The number of hydrogen-bond acceptors (Lipinski definition) is 5. The zero-order valence-corrected chi connectivity index (χ0v) is 16.6. The van der Waals surface area contributed by atoms with Gasteiger partial charge in [0, 0.05) is 19.6 Å². The predicted molar refractivity (Wildman–Crippen MR) is 99.9 cm³/mol. The second kappa shape index (κ2) is 8.35. The topological polar surface area (TPSA) is 86.8 Å². The molecule has 0 saturated carbocycles. The van der Waals surface area contributed by atoms with Gasteiger partial charge in [-0.1, -0.05) is 0 Å². The van der Waals surface area contributed by atoms with Crippen molar-refractivity contribution in [2.75, 3.05) is 39.3 Å². The van der Waals surface area contributed by atoms with Crippen molar-refractivity contribution in [2.24, 2.45) is 0 Å². The van der Waals surface area contributed by atoms with Crippen molar-refractivity contribution in [1.29, 1.82) is 0 Å².